The van der Waals surface area contributed by atoms with Crippen LogP contribution in [-0.2, 0) is 22.8 Å². The van der Waals surface area contributed by atoms with Crippen LogP contribution >= 0.6 is 0 Å². The highest BCUT2D eigenvalue weighted by atomic mass is 32.2. The molecule has 2 N–H and O–H groups in total. The number of hydrogen-bond donors (Lipinski definition) is 2. The Bertz CT molecular complexity index is 722. The Kier molecular flexibility index (Phi) is 3.75. The average molecular weight is 295 g/mol. The minimum Gasteiger partial charge on any atom is -0.477 e. The third-order valence-electron chi connectivity index (χ3n) is 2.62. The molecule has 0 spiro atoms. The second-order valence-electron chi connectivity index (χ2n) is 4.18. The summed E-state index contributed by atoms with van der Waals surface area (Å²) in [6.45, 7) is 0. The van der Waals surface area contributed by atoms with E-state index < -0.39 is 16.0 Å². The van der Waals surface area contributed by atoms with E-state index in [0.717, 1.165) is 6.20 Å². The summed E-state index contributed by atoms with van der Waals surface area (Å²) >= 11 is 0. The maximum Gasteiger partial charge on any atom is 0.341 e. The van der Waals surface area contributed by atoms with Crippen molar-refractivity contribution in [3.8, 4) is 0 Å². The smallest absolute Gasteiger partial charge is 0.341 e. The van der Waals surface area contributed by atoms with Crippen LogP contribution in [0, 0.1) is 0 Å². The number of carboxylic acid groups (broad SMARTS) is 1. The molecule has 106 valence electrons. The molecule has 1 heterocycles. The molecule has 0 aliphatic rings. The molecular formula is C12H13N3O4S. The second kappa shape index (κ2) is 5.33. The monoisotopic (exact) mass is 295 g/mol. The highest BCUT2D eigenvalue weighted by molar-refractivity contribution is 7.91. The fourth-order valence-corrected chi connectivity index (χ4v) is 2.93. The van der Waals surface area contributed by atoms with Gasteiger partial charge in [0.15, 0.2) is 5.82 Å². The molecule has 0 saturated carbocycles. The van der Waals surface area contributed by atoms with Gasteiger partial charge in [0.2, 0.25) is 10.0 Å². The summed E-state index contributed by atoms with van der Waals surface area (Å²) in [5, 5.41) is 12.7. The number of aromatic nitrogens is 2. The Balaban J connectivity index is 2.25. The van der Waals surface area contributed by atoms with Gasteiger partial charge in [0.25, 0.3) is 0 Å². The van der Waals surface area contributed by atoms with Gasteiger partial charge in [-0.25, -0.2) is 13.2 Å². The molecule has 0 saturated heterocycles. The number of nitrogens with one attached hydrogen (secondary N) is 1. The maximum atomic E-state index is 12.0. The normalized spacial score (nSPS) is 11.2. The van der Waals surface area contributed by atoms with Crippen molar-refractivity contribution in [1.82, 2.24) is 9.78 Å². The molecule has 1 aromatic carbocycles. The predicted octanol–water partition coefficient (Wildman–Crippen LogP) is 1.06. The van der Waals surface area contributed by atoms with Gasteiger partial charge in [-0.3, -0.25) is 9.40 Å². The fraction of sp³-hybridized carbons (Fsp3) is 0.167. The molecule has 2 aromatic rings. The quantitative estimate of drug-likeness (QED) is 0.859. The van der Waals surface area contributed by atoms with E-state index in [1.807, 2.05) is 0 Å². The molecule has 1 aromatic heterocycles. The lowest BCUT2D eigenvalue weighted by atomic mass is 10.2. The first-order chi connectivity index (χ1) is 9.39. The number of anilines is 1. The summed E-state index contributed by atoms with van der Waals surface area (Å²) in [5.74, 6) is -1.54. The SMILES string of the molecule is Cn1ncc(C(=O)O)c1NS(=O)(=O)Cc1ccccc1. The van der Waals surface area contributed by atoms with Crippen molar-refractivity contribution < 1.29 is 18.3 Å². The molecule has 0 fully saturated rings. The van der Waals surface area contributed by atoms with Crippen molar-refractivity contribution in [3.63, 3.8) is 0 Å². The van der Waals surface area contributed by atoms with Crippen molar-refractivity contribution in [2.75, 3.05) is 4.72 Å². The average Bonchev–Trinajstić information content (AvgIpc) is 2.71. The van der Waals surface area contributed by atoms with Crippen LogP contribution in [0.3, 0.4) is 0 Å². The molecule has 0 aliphatic heterocycles. The lowest BCUT2D eigenvalue weighted by Gasteiger charge is -2.09. The van der Waals surface area contributed by atoms with Gasteiger partial charge in [-0.15, -0.1) is 0 Å². The van der Waals surface area contributed by atoms with Crippen molar-refractivity contribution in [3.05, 3.63) is 47.7 Å². The number of nitrogens with zero attached hydrogens (tertiary/aromatic N) is 2. The zero-order valence-corrected chi connectivity index (χ0v) is 11.5. The van der Waals surface area contributed by atoms with Gasteiger partial charge in [-0.2, -0.15) is 5.10 Å². The number of benzene rings is 1. The molecule has 0 radical (unpaired) electrons. The van der Waals surface area contributed by atoms with E-state index in [0.29, 0.717) is 5.56 Å². The van der Waals surface area contributed by atoms with E-state index in [2.05, 4.69) is 9.82 Å². The Morgan fingerprint density at radius 1 is 1.35 bits per heavy atom. The van der Waals surface area contributed by atoms with Crippen LogP contribution in [0.2, 0.25) is 0 Å². The van der Waals surface area contributed by atoms with Crippen molar-refractivity contribution in [2.24, 2.45) is 7.05 Å². The second-order valence-corrected chi connectivity index (χ2v) is 5.90. The van der Waals surface area contributed by atoms with E-state index in [9.17, 15) is 13.2 Å². The highest BCUT2D eigenvalue weighted by Crippen LogP contribution is 2.17. The number of aryl methyl sites for hydroxylation is 1. The number of carboxylic acids is 1. The Labute approximate surface area is 115 Å². The fourth-order valence-electron chi connectivity index (χ4n) is 1.69. The molecule has 7 nitrogen and oxygen atoms in total. The molecule has 0 amide bonds. The number of aromatic carboxylic acids is 1. The topological polar surface area (TPSA) is 101 Å². The first-order valence-electron chi connectivity index (χ1n) is 5.69. The zero-order chi connectivity index (χ0) is 14.8. The van der Waals surface area contributed by atoms with E-state index in [4.69, 9.17) is 5.11 Å². The van der Waals surface area contributed by atoms with Crippen LogP contribution in [0.4, 0.5) is 5.82 Å². The van der Waals surface area contributed by atoms with Gasteiger partial charge >= 0.3 is 5.97 Å². The number of hydrogen-bond acceptors (Lipinski definition) is 4. The summed E-state index contributed by atoms with van der Waals surface area (Å²) in [7, 11) is -2.25. The third kappa shape index (κ3) is 3.15. The van der Waals surface area contributed by atoms with Gasteiger partial charge in [0.05, 0.1) is 11.9 Å². The van der Waals surface area contributed by atoms with Gasteiger partial charge in [-0.05, 0) is 5.56 Å². The van der Waals surface area contributed by atoms with Crippen LogP contribution in [0.1, 0.15) is 15.9 Å². The van der Waals surface area contributed by atoms with Gasteiger partial charge in [-0.1, -0.05) is 30.3 Å². The van der Waals surface area contributed by atoms with Gasteiger partial charge in [0, 0.05) is 7.05 Å². The predicted molar refractivity (Wildman–Crippen MR) is 72.9 cm³/mol. The van der Waals surface area contributed by atoms with Crippen LogP contribution in [0.5, 0.6) is 0 Å². The minimum atomic E-state index is -3.71. The molecule has 20 heavy (non-hydrogen) atoms. The lowest BCUT2D eigenvalue weighted by molar-refractivity contribution is 0.0698. The summed E-state index contributed by atoms with van der Waals surface area (Å²) in [4.78, 5) is 11.0. The van der Waals surface area contributed by atoms with Crippen molar-refractivity contribution >= 4 is 21.8 Å². The Morgan fingerprint density at radius 2 is 2.00 bits per heavy atom. The summed E-state index contributed by atoms with van der Waals surface area (Å²) in [6, 6.07) is 8.61. The lowest BCUT2D eigenvalue weighted by Crippen LogP contribution is -2.19. The van der Waals surface area contributed by atoms with E-state index in [1.54, 1.807) is 30.3 Å². The van der Waals surface area contributed by atoms with Crippen molar-refractivity contribution in [2.45, 2.75) is 5.75 Å². The van der Waals surface area contributed by atoms with Crippen LogP contribution < -0.4 is 4.72 Å². The molecule has 8 heteroatoms. The first-order valence-corrected chi connectivity index (χ1v) is 7.34. The summed E-state index contributed by atoms with van der Waals surface area (Å²) < 4.78 is 27.5. The Hall–Kier alpha value is -2.35. The Morgan fingerprint density at radius 3 is 2.60 bits per heavy atom. The van der Waals surface area contributed by atoms with E-state index in [1.165, 1.54) is 11.7 Å². The zero-order valence-electron chi connectivity index (χ0n) is 10.6. The first kappa shape index (κ1) is 14.1. The third-order valence-corrected chi connectivity index (χ3v) is 3.84. The van der Waals surface area contributed by atoms with Crippen LogP contribution in [0.25, 0.3) is 0 Å². The van der Waals surface area contributed by atoms with Crippen molar-refractivity contribution in [1.29, 1.82) is 0 Å². The van der Waals surface area contributed by atoms with Gasteiger partial charge < -0.3 is 5.11 Å². The standard InChI is InChI=1S/C12H13N3O4S/c1-15-11(10(7-13-15)12(16)17)14-20(18,19)8-9-5-3-2-4-6-9/h2-7,14H,8H2,1H3,(H,16,17). The van der Waals surface area contributed by atoms with E-state index in [-0.39, 0.29) is 17.1 Å². The molecular weight excluding hydrogens is 282 g/mol. The highest BCUT2D eigenvalue weighted by Gasteiger charge is 2.20. The summed E-state index contributed by atoms with van der Waals surface area (Å²) in [5.41, 5.74) is 0.420. The number of sulfonamides is 1. The minimum absolute atomic E-state index is 0.0616. The molecule has 0 bridgehead atoms. The van der Waals surface area contributed by atoms with Crippen LogP contribution in [-0.4, -0.2) is 29.3 Å². The summed E-state index contributed by atoms with van der Waals surface area (Å²) in [6.07, 6.45) is 1.10. The van der Waals surface area contributed by atoms with E-state index >= 15 is 0 Å². The number of rotatable bonds is 5. The van der Waals surface area contributed by atoms with Gasteiger partial charge in [0.1, 0.15) is 5.56 Å². The number of carbonyl (C=O) groups is 1. The molecule has 0 atom stereocenters. The largest absolute Gasteiger partial charge is 0.477 e. The maximum absolute atomic E-state index is 12.0. The molecule has 0 unspecified atom stereocenters. The molecule has 0 aliphatic carbocycles. The molecule has 2 rings (SSSR count). The van der Waals surface area contributed by atoms with Crippen LogP contribution in [0.15, 0.2) is 36.5 Å².